The van der Waals surface area contributed by atoms with E-state index in [2.05, 4.69) is 16.0 Å². The molecule has 0 atom stereocenters. The lowest BCUT2D eigenvalue weighted by Gasteiger charge is -2.09. The molecular formula is C18H19F2N3O2. The van der Waals surface area contributed by atoms with E-state index in [1.165, 1.54) is 24.3 Å². The maximum Gasteiger partial charge on any atom is 0.315 e. The van der Waals surface area contributed by atoms with Crippen molar-refractivity contribution in [3.63, 3.8) is 0 Å². The molecule has 25 heavy (non-hydrogen) atoms. The van der Waals surface area contributed by atoms with Crippen LogP contribution in [0.5, 0.6) is 0 Å². The fraction of sp³-hybridized carbons (Fsp3) is 0.222. The molecule has 0 radical (unpaired) electrons. The first-order chi connectivity index (χ1) is 12.0. The summed E-state index contributed by atoms with van der Waals surface area (Å²) in [6.45, 7) is 2.04. The lowest BCUT2D eigenvalue weighted by Crippen LogP contribution is -2.40. The molecule has 3 N–H and O–H groups in total. The van der Waals surface area contributed by atoms with Crippen LogP contribution >= 0.6 is 0 Å². The second-order valence-corrected chi connectivity index (χ2v) is 5.42. The van der Waals surface area contributed by atoms with E-state index in [0.717, 1.165) is 0 Å². The van der Waals surface area contributed by atoms with E-state index in [9.17, 15) is 18.4 Å². The molecule has 0 bridgehead atoms. The molecule has 0 aliphatic carbocycles. The Morgan fingerprint density at radius 2 is 1.64 bits per heavy atom. The number of urea groups is 1. The van der Waals surface area contributed by atoms with Crippen molar-refractivity contribution in [1.29, 1.82) is 0 Å². The highest BCUT2D eigenvalue weighted by atomic mass is 19.1. The van der Waals surface area contributed by atoms with E-state index in [1.807, 2.05) is 0 Å². The summed E-state index contributed by atoms with van der Waals surface area (Å²) in [5.74, 6) is -1.26. The Bertz CT molecular complexity index is 766. The molecule has 0 saturated heterocycles. The first kappa shape index (κ1) is 18.4. The quantitative estimate of drug-likeness (QED) is 0.703. The molecule has 0 unspecified atom stereocenters. The number of rotatable bonds is 6. The van der Waals surface area contributed by atoms with E-state index in [4.69, 9.17) is 0 Å². The van der Waals surface area contributed by atoms with E-state index in [0.29, 0.717) is 11.1 Å². The van der Waals surface area contributed by atoms with Crippen molar-refractivity contribution in [2.24, 2.45) is 0 Å². The highest BCUT2D eigenvalue weighted by molar-refractivity contribution is 5.94. The fourth-order valence-electron chi connectivity index (χ4n) is 2.07. The maximum absolute atomic E-state index is 13.4. The predicted octanol–water partition coefficient (Wildman–Crippen LogP) is 2.50. The topological polar surface area (TPSA) is 70.2 Å². The molecule has 2 aromatic carbocycles. The third-order valence-corrected chi connectivity index (χ3v) is 3.53. The van der Waals surface area contributed by atoms with Crippen molar-refractivity contribution in [2.75, 3.05) is 13.1 Å². The van der Waals surface area contributed by atoms with Gasteiger partial charge >= 0.3 is 6.03 Å². The summed E-state index contributed by atoms with van der Waals surface area (Å²) < 4.78 is 26.8. The number of amides is 3. The molecule has 0 spiro atoms. The highest BCUT2D eigenvalue weighted by Gasteiger charge is 2.08. The Labute approximate surface area is 144 Å². The van der Waals surface area contributed by atoms with Gasteiger partial charge in [-0.1, -0.05) is 24.3 Å². The molecule has 0 aliphatic rings. The molecule has 0 aromatic heterocycles. The van der Waals surface area contributed by atoms with E-state index in [-0.39, 0.29) is 31.0 Å². The van der Waals surface area contributed by atoms with Crippen molar-refractivity contribution < 1.29 is 18.4 Å². The first-order valence-electron chi connectivity index (χ1n) is 7.77. The number of benzene rings is 2. The SMILES string of the molecule is Cc1ccc(C(=O)NCCNC(=O)NCc2ccccc2F)cc1F. The van der Waals surface area contributed by atoms with E-state index in [1.54, 1.807) is 25.1 Å². The van der Waals surface area contributed by atoms with Gasteiger partial charge in [-0.15, -0.1) is 0 Å². The van der Waals surface area contributed by atoms with Gasteiger partial charge in [0.2, 0.25) is 0 Å². The normalized spacial score (nSPS) is 10.2. The summed E-state index contributed by atoms with van der Waals surface area (Å²) in [6.07, 6.45) is 0. The third kappa shape index (κ3) is 5.56. The van der Waals surface area contributed by atoms with Gasteiger partial charge in [0.05, 0.1) is 0 Å². The summed E-state index contributed by atoms with van der Waals surface area (Å²) in [5.41, 5.74) is 1.06. The minimum Gasteiger partial charge on any atom is -0.350 e. The van der Waals surface area contributed by atoms with Crippen LogP contribution in [-0.4, -0.2) is 25.0 Å². The zero-order valence-electron chi connectivity index (χ0n) is 13.7. The van der Waals surface area contributed by atoms with Crippen LogP contribution in [0, 0.1) is 18.6 Å². The average molecular weight is 347 g/mol. The van der Waals surface area contributed by atoms with Gasteiger partial charge in [0.15, 0.2) is 0 Å². The number of carbonyl (C=O) groups is 2. The number of hydrogen-bond acceptors (Lipinski definition) is 2. The zero-order chi connectivity index (χ0) is 18.2. The molecule has 132 valence electrons. The van der Waals surface area contributed by atoms with Crippen LogP contribution in [0.1, 0.15) is 21.5 Å². The second kappa shape index (κ2) is 8.77. The fourth-order valence-corrected chi connectivity index (χ4v) is 2.07. The Balaban J connectivity index is 1.68. The lowest BCUT2D eigenvalue weighted by molar-refractivity contribution is 0.0953. The summed E-state index contributed by atoms with van der Waals surface area (Å²) in [5, 5.41) is 7.64. The van der Waals surface area contributed by atoms with Gasteiger partial charge in [-0.25, -0.2) is 13.6 Å². The maximum atomic E-state index is 13.4. The van der Waals surface area contributed by atoms with Gasteiger partial charge in [0.1, 0.15) is 11.6 Å². The molecule has 0 fully saturated rings. The summed E-state index contributed by atoms with van der Waals surface area (Å²) in [7, 11) is 0. The Hall–Kier alpha value is -2.96. The molecule has 7 heteroatoms. The molecule has 0 aliphatic heterocycles. The van der Waals surface area contributed by atoms with Gasteiger partial charge < -0.3 is 16.0 Å². The summed E-state index contributed by atoms with van der Waals surface area (Å²) in [4.78, 5) is 23.5. The molecule has 3 amide bonds. The number of nitrogens with one attached hydrogen (secondary N) is 3. The Morgan fingerprint density at radius 3 is 2.36 bits per heavy atom. The van der Waals surface area contributed by atoms with Crippen LogP contribution in [0.4, 0.5) is 13.6 Å². The van der Waals surface area contributed by atoms with Crippen molar-refractivity contribution in [3.8, 4) is 0 Å². The molecule has 2 aromatic rings. The second-order valence-electron chi connectivity index (χ2n) is 5.42. The smallest absolute Gasteiger partial charge is 0.315 e. The van der Waals surface area contributed by atoms with Crippen LogP contribution in [0.15, 0.2) is 42.5 Å². The minimum absolute atomic E-state index is 0.0630. The highest BCUT2D eigenvalue weighted by Crippen LogP contribution is 2.08. The zero-order valence-corrected chi connectivity index (χ0v) is 13.7. The van der Waals surface area contributed by atoms with Crippen LogP contribution < -0.4 is 16.0 Å². The van der Waals surface area contributed by atoms with Crippen molar-refractivity contribution in [2.45, 2.75) is 13.5 Å². The monoisotopic (exact) mass is 347 g/mol. The molecular weight excluding hydrogens is 328 g/mol. The van der Waals surface area contributed by atoms with Gasteiger partial charge in [0.25, 0.3) is 5.91 Å². The molecule has 2 rings (SSSR count). The number of halogens is 2. The standard InChI is InChI=1S/C18H19F2N3O2/c1-12-6-7-13(10-16(12)20)17(24)21-8-9-22-18(25)23-11-14-4-2-3-5-15(14)19/h2-7,10H,8-9,11H2,1H3,(H,21,24)(H2,22,23,25). The summed E-state index contributed by atoms with van der Waals surface area (Å²) in [6, 6.07) is 9.90. The summed E-state index contributed by atoms with van der Waals surface area (Å²) >= 11 is 0. The Morgan fingerprint density at radius 1 is 0.920 bits per heavy atom. The third-order valence-electron chi connectivity index (χ3n) is 3.53. The largest absolute Gasteiger partial charge is 0.350 e. The van der Waals surface area contributed by atoms with Gasteiger partial charge in [-0.2, -0.15) is 0 Å². The van der Waals surface area contributed by atoms with Crippen molar-refractivity contribution >= 4 is 11.9 Å². The van der Waals surface area contributed by atoms with E-state index < -0.39 is 17.8 Å². The van der Waals surface area contributed by atoms with Crippen LogP contribution in [0.25, 0.3) is 0 Å². The van der Waals surface area contributed by atoms with Crippen LogP contribution in [0.2, 0.25) is 0 Å². The molecule has 0 heterocycles. The Kier molecular flexibility index (Phi) is 6.45. The first-order valence-corrected chi connectivity index (χ1v) is 7.77. The number of carbonyl (C=O) groups excluding carboxylic acids is 2. The predicted molar refractivity (Wildman–Crippen MR) is 90.1 cm³/mol. The molecule has 0 saturated carbocycles. The van der Waals surface area contributed by atoms with E-state index >= 15 is 0 Å². The van der Waals surface area contributed by atoms with Crippen LogP contribution in [0.3, 0.4) is 0 Å². The minimum atomic E-state index is -0.473. The van der Waals surface area contributed by atoms with Gasteiger partial charge in [-0.05, 0) is 30.7 Å². The lowest BCUT2D eigenvalue weighted by atomic mass is 10.1. The van der Waals surface area contributed by atoms with Crippen molar-refractivity contribution in [3.05, 3.63) is 70.8 Å². The van der Waals surface area contributed by atoms with Crippen molar-refractivity contribution in [1.82, 2.24) is 16.0 Å². The van der Waals surface area contributed by atoms with Gasteiger partial charge in [-0.3, -0.25) is 4.79 Å². The molecule has 5 nitrogen and oxygen atoms in total. The van der Waals surface area contributed by atoms with Crippen LogP contribution in [-0.2, 0) is 6.54 Å². The number of aryl methyl sites for hydroxylation is 1. The van der Waals surface area contributed by atoms with Gasteiger partial charge in [0, 0.05) is 30.8 Å². The average Bonchev–Trinajstić information content (AvgIpc) is 2.60. The number of hydrogen-bond donors (Lipinski definition) is 3.